The van der Waals surface area contributed by atoms with Crippen LogP contribution in [-0.2, 0) is 22.6 Å². The van der Waals surface area contributed by atoms with Crippen molar-refractivity contribution in [1.29, 1.82) is 0 Å². The van der Waals surface area contributed by atoms with Crippen molar-refractivity contribution in [2.24, 2.45) is 0 Å². The van der Waals surface area contributed by atoms with Gasteiger partial charge in [-0.05, 0) is 41.3 Å². The summed E-state index contributed by atoms with van der Waals surface area (Å²) in [6.45, 7) is 4.59. The van der Waals surface area contributed by atoms with Crippen LogP contribution in [0.25, 0.3) is 0 Å². The third-order valence-corrected chi connectivity index (χ3v) is 5.15. The summed E-state index contributed by atoms with van der Waals surface area (Å²) in [5, 5.41) is 4.17. The molecule has 2 aromatic rings. The number of likely N-dealkylation sites (N-methyl/N-ethyl adjacent to an activating group) is 1. The molecule has 0 N–H and O–H groups in total. The average molecular weight is 359 g/mol. The molecule has 0 spiro atoms. The lowest BCUT2D eigenvalue weighted by Crippen LogP contribution is -2.39. The first-order valence-corrected chi connectivity index (χ1v) is 9.48. The van der Waals surface area contributed by atoms with Gasteiger partial charge in [0.25, 0.3) is 0 Å². The summed E-state index contributed by atoms with van der Waals surface area (Å²) >= 11 is 1.67. The zero-order valence-electron chi connectivity index (χ0n) is 15.1. The molecule has 2 rings (SSSR count). The van der Waals surface area contributed by atoms with Gasteiger partial charge in [0.15, 0.2) is 0 Å². The van der Waals surface area contributed by atoms with Crippen molar-refractivity contribution < 1.29 is 9.59 Å². The second-order valence-corrected chi connectivity index (χ2v) is 7.15. The van der Waals surface area contributed by atoms with Gasteiger partial charge in [-0.1, -0.05) is 30.3 Å². The number of hydrogen-bond acceptors (Lipinski definition) is 3. The molecule has 0 aliphatic carbocycles. The number of benzene rings is 1. The molecule has 0 bridgehead atoms. The van der Waals surface area contributed by atoms with Crippen molar-refractivity contribution in [2.45, 2.75) is 39.3 Å². The van der Waals surface area contributed by atoms with E-state index in [-0.39, 0.29) is 17.9 Å². The number of hydrogen-bond donors (Lipinski definition) is 0. The molecule has 0 radical (unpaired) electrons. The van der Waals surface area contributed by atoms with Crippen LogP contribution in [0, 0.1) is 0 Å². The van der Waals surface area contributed by atoms with E-state index < -0.39 is 0 Å². The fraction of sp³-hybridized carbons (Fsp3) is 0.400. The first-order chi connectivity index (χ1) is 12.0. The van der Waals surface area contributed by atoms with Crippen LogP contribution in [0.2, 0.25) is 0 Å². The summed E-state index contributed by atoms with van der Waals surface area (Å²) in [7, 11) is 1.84. The van der Waals surface area contributed by atoms with E-state index in [1.807, 2.05) is 37.4 Å². The van der Waals surface area contributed by atoms with Crippen LogP contribution < -0.4 is 0 Å². The Balaban J connectivity index is 1.86. The van der Waals surface area contributed by atoms with E-state index in [2.05, 4.69) is 23.8 Å². The molecule has 1 aromatic carbocycles. The molecule has 0 fully saturated rings. The van der Waals surface area contributed by atoms with Gasteiger partial charge in [0.05, 0.1) is 0 Å². The lowest BCUT2D eigenvalue weighted by Gasteiger charge is -2.27. The van der Waals surface area contributed by atoms with Gasteiger partial charge in [-0.25, -0.2) is 0 Å². The van der Waals surface area contributed by atoms with Crippen LogP contribution in [0.3, 0.4) is 0 Å². The number of carbonyl (C=O) groups is 2. The third-order valence-electron chi connectivity index (χ3n) is 4.42. The van der Waals surface area contributed by atoms with Crippen LogP contribution in [0.1, 0.15) is 31.4 Å². The lowest BCUT2D eigenvalue weighted by molar-refractivity contribution is -0.134. The van der Waals surface area contributed by atoms with Gasteiger partial charge >= 0.3 is 0 Å². The van der Waals surface area contributed by atoms with Crippen LogP contribution in [0.4, 0.5) is 0 Å². The van der Waals surface area contributed by atoms with Crippen molar-refractivity contribution in [3.8, 4) is 0 Å². The predicted octanol–water partition coefficient (Wildman–Crippen LogP) is 3.58. The van der Waals surface area contributed by atoms with Gasteiger partial charge in [0.1, 0.15) is 0 Å². The van der Waals surface area contributed by atoms with Crippen molar-refractivity contribution in [2.75, 3.05) is 13.6 Å². The van der Waals surface area contributed by atoms with Crippen LogP contribution in [0.15, 0.2) is 47.2 Å². The van der Waals surface area contributed by atoms with E-state index in [0.717, 1.165) is 12.0 Å². The fourth-order valence-corrected chi connectivity index (χ4v) is 3.37. The Morgan fingerprint density at radius 3 is 2.44 bits per heavy atom. The summed E-state index contributed by atoms with van der Waals surface area (Å²) in [5.41, 5.74) is 2.33. The highest BCUT2D eigenvalue weighted by Gasteiger charge is 2.18. The number of thiophene rings is 1. The van der Waals surface area contributed by atoms with E-state index in [1.165, 1.54) is 5.56 Å². The zero-order chi connectivity index (χ0) is 18.2. The highest BCUT2D eigenvalue weighted by Crippen LogP contribution is 2.12. The second-order valence-electron chi connectivity index (χ2n) is 6.37. The molecule has 5 heteroatoms. The summed E-state index contributed by atoms with van der Waals surface area (Å²) in [5.74, 6) is 0.0627. The largest absolute Gasteiger partial charge is 0.343 e. The van der Waals surface area contributed by atoms with Gasteiger partial charge in [0.2, 0.25) is 11.8 Å². The predicted molar refractivity (Wildman–Crippen MR) is 102 cm³/mol. The SMILES string of the molecule is CC(=O)N(CCC(=O)N(C)[C@H](C)Cc1ccsc1)Cc1ccccc1. The summed E-state index contributed by atoms with van der Waals surface area (Å²) in [6.07, 6.45) is 1.20. The molecule has 4 nitrogen and oxygen atoms in total. The molecule has 0 aliphatic heterocycles. The second kappa shape index (κ2) is 9.37. The third kappa shape index (κ3) is 6.02. The topological polar surface area (TPSA) is 40.6 Å². The summed E-state index contributed by atoms with van der Waals surface area (Å²) in [4.78, 5) is 27.9. The van der Waals surface area contributed by atoms with E-state index in [0.29, 0.717) is 19.5 Å². The highest BCUT2D eigenvalue weighted by molar-refractivity contribution is 7.07. The van der Waals surface area contributed by atoms with Crippen molar-refractivity contribution in [3.05, 3.63) is 58.3 Å². The molecule has 1 heterocycles. The molecule has 0 saturated heterocycles. The number of rotatable bonds is 8. The van der Waals surface area contributed by atoms with Crippen LogP contribution >= 0.6 is 11.3 Å². The maximum Gasteiger partial charge on any atom is 0.224 e. The van der Waals surface area contributed by atoms with Crippen molar-refractivity contribution in [1.82, 2.24) is 9.80 Å². The minimum absolute atomic E-state index is 0.00868. The Hall–Kier alpha value is -2.14. The van der Waals surface area contributed by atoms with Gasteiger partial charge in [-0.2, -0.15) is 11.3 Å². The molecular weight excluding hydrogens is 332 g/mol. The van der Waals surface area contributed by atoms with Crippen LogP contribution in [-0.4, -0.2) is 41.2 Å². The van der Waals surface area contributed by atoms with Gasteiger partial charge < -0.3 is 9.80 Å². The molecule has 1 aromatic heterocycles. The first kappa shape index (κ1) is 19.2. The smallest absolute Gasteiger partial charge is 0.224 e. The van der Waals surface area contributed by atoms with E-state index in [9.17, 15) is 9.59 Å². The quantitative estimate of drug-likeness (QED) is 0.724. The molecule has 2 amide bonds. The standard InChI is InChI=1S/C20H26N2O2S/c1-16(13-19-10-12-25-15-19)21(3)20(24)9-11-22(17(2)23)14-18-7-5-4-6-8-18/h4-8,10,12,15-16H,9,11,13-14H2,1-3H3/t16-/m1/s1. The van der Waals surface area contributed by atoms with Crippen LogP contribution in [0.5, 0.6) is 0 Å². The van der Waals surface area contributed by atoms with Gasteiger partial charge in [0, 0.05) is 39.5 Å². The molecule has 0 unspecified atom stereocenters. The summed E-state index contributed by atoms with van der Waals surface area (Å²) < 4.78 is 0. The maximum atomic E-state index is 12.5. The van der Waals surface area contributed by atoms with E-state index in [4.69, 9.17) is 0 Å². The Labute approximate surface area is 154 Å². The zero-order valence-corrected chi connectivity index (χ0v) is 16.0. The number of carbonyl (C=O) groups excluding carboxylic acids is 2. The summed E-state index contributed by atoms with van der Waals surface area (Å²) in [6, 6.07) is 12.1. The Bertz CT molecular complexity index is 670. The highest BCUT2D eigenvalue weighted by atomic mass is 32.1. The molecule has 1 atom stereocenters. The van der Waals surface area contributed by atoms with Gasteiger partial charge in [-0.3, -0.25) is 9.59 Å². The van der Waals surface area contributed by atoms with E-state index in [1.54, 1.807) is 28.1 Å². The van der Waals surface area contributed by atoms with Gasteiger partial charge in [-0.15, -0.1) is 0 Å². The molecule has 25 heavy (non-hydrogen) atoms. The van der Waals surface area contributed by atoms with E-state index >= 15 is 0 Å². The maximum absolute atomic E-state index is 12.5. The minimum atomic E-state index is -0.00868. The Morgan fingerprint density at radius 1 is 1.12 bits per heavy atom. The average Bonchev–Trinajstić information content (AvgIpc) is 3.11. The lowest BCUT2D eigenvalue weighted by atomic mass is 10.1. The molecule has 134 valence electrons. The Morgan fingerprint density at radius 2 is 1.84 bits per heavy atom. The normalized spacial score (nSPS) is 11.8. The first-order valence-electron chi connectivity index (χ1n) is 8.53. The van der Waals surface area contributed by atoms with Crippen molar-refractivity contribution >= 4 is 23.2 Å². The number of nitrogens with zero attached hydrogens (tertiary/aromatic N) is 2. The van der Waals surface area contributed by atoms with Crippen molar-refractivity contribution in [3.63, 3.8) is 0 Å². The molecular formula is C20H26N2O2S. The monoisotopic (exact) mass is 358 g/mol. The molecule has 0 saturated carbocycles. The fourth-order valence-electron chi connectivity index (χ4n) is 2.69. The minimum Gasteiger partial charge on any atom is -0.343 e. The number of amides is 2. The Kier molecular flexibility index (Phi) is 7.19. The molecule has 0 aliphatic rings.